The predicted octanol–water partition coefficient (Wildman–Crippen LogP) is 4.61. The van der Waals surface area contributed by atoms with E-state index in [1.54, 1.807) is 13.0 Å². The van der Waals surface area contributed by atoms with Gasteiger partial charge in [0, 0.05) is 35.1 Å². The minimum Gasteiger partial charge on any atom is -0.346 e. The van der Waals surface area contributed by atoms with E-state index in [0.29, 0.717) is 6.04 Å². The van der Waals surface area contributed by atoms with E-state index < -0.39 is 17.7 Å². The van der Waals surface area contributed by atoms with Crippen LogP contribution in [0.25, 0.3) is 6.08 Å². The molecule has 0 radical (unpaired) electrons. The van der Waals surface area contributed by atoms with Gasteiger partial charge in [0.2, 0.25) is 5.91 Å². The maximum Gasteiger partial charge on any atom is 0.244 e. The third-order valence-corrected chi connectivity index (χ3v) is 4.64. The van der Waals surface area contributed by atoms with Crippen molar-refractivity contribution in [2.24, 2.45) is 0 Å². The maximum atomic E-state index is 13.8. The first-order chi connectivity index (χ1) is 11.9. The van der Waals surface area contributed by atoms with Crippen LogP contribution in [0.1, 0.15) is 54.4 Å². The van der Waals surface area contributed by atoms with Crippen LogP contribution >= 0.6 is 0 Å². The highest BCUT2D eigenvalue weighted by molar-refractivity contribution is 5.92. The van der Waals surface area contributed by atoms with Gasteiger partial charge in [-0.1, -0.05) is 6.07 Å². The number of nitrogens with one attached hydrogen (secondary N) is 1. The molecule has 5 heteroatoms. The van der Waals surface area contributed by atoms with Gasteiger partial charge in [0.05, 0.1) is 6.04 Å². The van der Waals surface area contributed by atoms with E-state index in [2.05, 4.69) is 29.8 Å². The summed E-state index contributed by atoms with van der Waals surface area (Å²) in [6.45, 7) is 5.79. The van der Waals surface area contributed by atoms with Crippen molar-refractivity contribution >= 4 is 12.0 Å². The lowest BCUT2D eigenvalue weighted by molar-refractivity contribution is -0.117. The Kier molecular flexibility index (Phi) is 4.75. The van der Waals surface area contributed by atoms with Crippen molar-refractivity contribution in [2.45, 2.75) is 45.7 Å². The lowest BCUT2D eigenvalue weighted by Gasteiger charge is -2.13. The Labute approximate surface area is 146 Å². The number of aromatic nitrogens is 1. The number of amides is 1. The number of hydrogen-bond acceptors (Lipinski definition) is 1. The molecular formula is C20H22F2N2O. The number of benzene rings is 1. The third kappa shape index (κ3) is 3.81. The second-order valence-corrected chi connectivity index (χ2v) is 6.66. The molecule has 1 fully saturated rings. The Morgan fingerprint density at radius 3 is 2.64 bits per heavy atom. The fraction of sp³-hybridized carbons (Fsp3) is 0.350. The van der Waals surface area contributed by atoms with Gasteiger partial charge in [-0.25, -0.2) is 8.78 Å². The molecule has 0 unspecified atom stereocenters. The number of rotatable bonds is 5. The number of nitrogens with zero attached hydrogens (tertiary/aromatic N) is 1. The molecule has 1 atom stereocenters. The molecule has 132 valence electrons. The zero-order valence-electron chi connectivity index (χ0n) is 14.6. The van der Waals surface area contributed by atoms with Crippen molar-refractivity contribution in [3.8, 4) is 0 Å². The van der Waals surface area contributed by atoms with Gasteiger partial charge >= 0.3 is 0 Å². The average molecular weight is 344 g/mol. The number of carbonyl (C=O) groups is 1. The summed E-state index contributed by atoms with van der Waals surface area (Å²) in [5, 5.41) is 2.71. The molecule has 2 aromatic rings. The first-order valence-corrected chi connectivity index (χ1v) is 8.48. The van der Waals surface area contributed by atoms with Gasteiger partial charge in [0.1, 0.15) is 11.6 Å². The average Bonchev–Trinajstić information content (AvgIpc) is 3.31. The molecular weight excluding hydrogens is 322 g/mol. The topological polar surface area (TPSA) is 34.0 Å². The molecule has 25 heavy (non-hydrogen) atoms. The van der Waals surface area contributed by atoms with Crippen molar-refractivity contribution in [1.29, 1.82) is 0 Å². The summed E-state index contributed by atoms with van der Waals surface area (Å²) in [6.07, 6.45) is 5.66. The minimum atomic E-state index is -0.662. The summed E-state index contributed by atoms with van der Waals surface area (Å²) in [6, 6.07) is 5.47. The Morgan fingerprint density at radius 1 is 1.28 bits per heavy atom. The summed E-state index contributed by atoms with van der Waals surface area (Å²) in [5.74, 6) is -1.61. The van der Waals surface area contributed by atoms with Gasteiger partial charge in [-0.15, -0.1) is 0 Å². The molecule has 1 saturated carbocycles. The molecule has 1 amide bonds. The molecule has 0 saturated heterocycles. The fourth-order valence-electron chi connectivity index (χ4n) is 3.22. The number of aryl methyl sites for hydroxylation is 1. The van der Waals surface area contributed by atoms with E-state index >= 15 is 0 Å². The molecule has 1 heterocycles. The van der Waals surface area contributed by atoms with Crippen LogP contribution in [0, 0.1) is 25.5 Å². The summed E-state index contributed by atoms with van der Waals surface area (Å²) in [5.41, 5.74) is 3.62. The summed E-state index contributed by atoms with van der Waals surface area (Å²) >= 11 is 0. The molecule has 1 aromatic carbocycles. The number of hydrogen-bond donors (Lipinski definition) is 1. The lowest BCUT2D eigenvalue weighted by atomic mass is 10.1. The van der Waals surface area contributed by atoms with E-state index in [-0.39, 0.29) is 11.5 Å². The summed E-state index contributed by atoms with van der Waals surface area (Å²) in [7, 11) is 0. The molecule has 1 N–H and O–H groups in total. The van der Waals surface area contributed by atoms with Crippen molar-refractivity contribution in [1.82, 2.24) is 9.88 Å². The molecule has 3 rings (SSSR count). The van der Waals surface area contributed by atoms with Crippen LogP contribution in [0.5, 0.6) is 0 Å². The maximum absolute atomic E-state index is 13.8. The fourth-order valence-corrected chi connectivity index (χ4v) is 3.22. The monoisotopic (exact) mass is 344 g/mol. The summed E-state index contributed by atoms with van der Waals surface area (Å²) < 4.78 is 29.1. The molecule has 0 bridgehead atoms. The van der Waals surface area contributed by atoms with Crippen LogP contribution in [0.15, 0.2) is 30.3 Å². The van der Waals surface area contributed by atoms with Crippen molar-refractivity contribution in [3.63, 3.8) is 0 Å². The third-order valence-electron chi connectivity index (χ3n) is 4.64. The second-order valence-electron chi connectivity index (χ2n) is 6.66. The van der Waals surface area contributed by atoms with E-state index in [1.807, 2.05) is 0 Å². The second kappa shape index (κ2) is 6.82. The van der Waals surface area contributed by atoms with Crippen LogP contribution in [0.4, 0.5) is 8.78 Å². The van der Waals surface area contributed by atoms with E-state index in [4.69, 9.17) is 0 Å². The normalized spacial score (nSPS) is 15.6. The number of carbonyl (C=O) groups excluding carboxylic acids is 1. The molecule has 1 aromatic heterocycles. The van der Waals surface area contributed by atoms with Crippen molar-refractivity contribution in [2.75, 3.05) is 0 Å². The Bertz CT molecular complexity index is 834. The van der Waals surface area contributed by atoms with E-state index in [1.165, 1.54) is 36.7 Å². The standard InChI is InChI=1S/C20H22F2N2O/c1-12-10-15(14(3)24(12)17-6-7-17)4-9-20(25)23-13(2)18-8-5-16(21)11-19(18)22/h4-5,8-11,13,17H,6-7H2,1-3H3,(H,23,25)/b9-4+/t13-/m0/s1. The molecule has 3 nitrogen and oxygen atoms in total. The van der Waals surface area contributed by atoms with E-state index in [0.717, 1.165) is 17.3 Å². The Hall–Kier alpha value is -2.43. The first-order valence-electron chi connectivity index (χ1n) is 8.48. The SMILES string of the molecule is Cc1cc(/C=C/C(=O)N[C@@H](C)c2ccc(F)cc2F)c(C)n1C1CC1. The molecule has 0 aliphatic heterocycles. The van der Waals surface area contributed by atoms with Gasteiger partial charge in [0.15, 0.2) is 0 Å². The van der Waals surface area contributed by atoms with Gasteiger partial charge in [-0.05, 0) is 57.4 Å². The highest BCUT2D eigenvalue weighted by atomic mass is 19.1. The zero-order valence-corrected chi connectivity index (χ0v) is 14.6. The van der Waals surface area contributed by atoms with Crippen molar-refractivity contribution < 1.29 is 13.6 Å². The first kappa shape index (κ1) is 17.4. The van der Waals surface area contributed by atoms with Crippen molar-refractivity contribution in [3.05, 3.63) is 64.5 Å². The van der Waals surface area contributed by atoms with E-state index in [9.17, 15) is 13.6 Å². The summed E-state index contributed by atoms with van der Waals surface area (Å²) in [4.78, 5) is 12.1. The molecule has 0 spiro atoms. The molecule has 1 aliphatic rings. The largest absolute Gasteiger partial charge is 0.346 e. The molecule has 1 aliphatic carbocycles. The van der Waals surface area contributed by atoms with Crippen LogP contribution in [0.3, 0.4) is 0 Å². The van der Waals surface area contributed by atoms with Gasteiger partial charge in [-0.3, -0.25) is 4.79 Å². The lowest BCUT2D eigenvalue weighted by Crippen LogP contribution is -2.25. The van der Waals surface area contributed by atoms with Crippen LogP contribution in [-0.4, -0.2) is 10.5 Å². The predicted molar refractivity (Wildman–Crippen MR) is 94.1 cm³/mol. The highest BCUT2D eigenvalue weighted by Crippen LogP contribution is 2.38. The van der Waals surface area contributed by atoms with Crippen LogP contribution < -0.4 is 5.32 Å². The Morgan fingerprint density at radius 2 is 2.00 bits per heavy atom. The van der Waals surface area contributed by atoms with Crippen LogP contribution in [0.2, 0.25) is 0 Å². The van der Waals surface area contributed by atoms with Gasteiger partial charge in [0.25, 0.3) is 0 Å². The quantitative estimate of drug-likeness (QED) is 0.790. The van der Waals surface area contributed by atoms with Gasteiger partial charge in [-0.2, -0.15) is 0 Å². The number of halogens is 2. The van der Waals surface area contributed by atoms with Crippen LogP contribution in [-0.2, 0) is 4.79 Å². The highest BCUT2D eigenvalue weighted by Gasteiger charge is 2.26. The zero-order chi connectivity index (χ0) is 18.1. The smallest absolute Gasteiger partial charge is 0.244 e. The Balaban J connectivity index is 1.68. The van der Waals surface area contributed by atoms with Gasteiger partial charge < -0.3 is 9.88 Å². The minimum absolute atomic E-state index is 0.259.